The lowest BCUT2D eigenvalue weighted by Crippen LogP contribution is -2.50. The fourth-order valence-electron chi connectivity index (χ4n) is 8.08. The molecule has 7 heteroatoms. The number of Topliss-reactive ketones (excluding diaryl/α,β-unsaturated/α-hetero) is 1. The van der Waals surface area contributed by atoms with E-state index in [0.717, 1.165) is 5.57 Å². The monoisotopic (exact) mass is 416 g/mol. The summed E-state index contributed by atoms with van der Waals surface area (Å²) in [6.07, 6.45) is 5.13. The third kappa shape index (κ3) is 2.10. The molecule has 0 amide bonds. The SMILES string of the molecule is C=C1C[C@]23C[C@@]1(O)CC[C@H]2[C@@]12C=C[C@H](O)[C@@](C)(C(=O)C1)[C@H]2[C@@H]3C(=O)OCOC(C)=O. The van der Waals surface area contributed by atoms with Gasteiger partial charge >= 0.3 is 11.9 Å². The number of ketones is 1. The molecule has 1 spiro atoms. The van der Waals surface area contributed by atoms with E-state index < -0.39 is 58.5 Å². The Balaban J connectivity index is 1.64. The van der Waals surface area contributed by atoms with Crippen LogP contribution in [0.25, 0.3) is 0 Å². The van der Waals surface area contributed by atoms with Crippen LogP contribution in [0.3, 0.4) is 0 Å². The highest BCUT2D eigenvalue weighted by Gasteiger charge is 2.81. The first-order valence-corrected chi connectivity index (χ1v) is 10.6. The van der Waals surface area contributed by atoms with Gasteiger partial charge in [-0.25, -0.2) is 0 Å². The number of rotatable bonds is 3. The van der Waals surface area contributed by atoms with Gasteiger partial charge in [0.15, 0.2) is 0 Å². The van der Waals surface area contributed by atoms with Crippen LogP contribution in [0.5, 0.6) is 0 Å². The van der Waals surface area contributed by atoms with E-state index in [1.807, 2.05) is 6.08 Å². The van der Waals surface area contributed by atoms with Gasteiger partial charge in [0.05, 0.1) is 23.0 Å². The lowest BCUT2D eigenvalue weighted by atomic mass is 9.59. The van der Waals surface area contributed by atoms with Crippen LogP contribution >= 0.6 is 0 Å². The Morgan fingerprint density at radius 2 is 2.03 bits per heavy atom. The van der Waals surface area contributed by atoms with Crippen LogP contribution in [0.1, 0.15) is 46.0 Å². The molecule has 2 N–H and O–H groups in total. The zero-order chi connectivity index (χ0) is 21.7. The Labute approximate surface area is 175 Å². The van der Waals surface area contributed by atoms with Gasteiger partial charge in [-0.2, -0.15) is 0 Å². The summed E-state index contributed by atoms with van der Waals surface area (Å²) in [6.45, 7) is 6.62. The van der Waals surface area contributed by atoms with Crippen LogP contribution in [0.2, 0.25) is 0 Å². The molecule has 5 aliphatic rings. The molecule has 0 radical (unpaired) electrons. The van der Waals surface area contributed by atoms with Gasteiger partial charge in [0, 0.05) is 18.8 Å². The molecule has 8 atom stereocenters. The minimum Gasteiger partial charge on any atom is -0.428 e. The largest absolute Gasteiger partial charge is 0.428 e. The van der Waals surface area contributed by atoms with Gasteiger partial charge in [-0.05, 0) is 55.4 Å². The van der Waals surface area contributed by atoms with Gasteiger partial charge < -0.3 is 19.7 Å². The maximum absolute atomic E-state index is 13.5. The summed E-state index contributed by atoms with van der Waals surface area (Å²) in [6, 6.07) is 0. The average Bonchev–Trinajstić information content (AvgIpc) is 3.08. The normalized spacial score (nSPS) is 50.3. The smallest absolute Gasteiger partial charge is 0.312 e. The topological polar surface area (TPSA) is 110 Å². The molecule has 30 heavy (non-hydrogen) atoms. The molecule has 162 valence electrons. The molecule has 0 aliphatic heterocycles. The minimum absolute atomic E-state index is 0.00956. The van der Waals surface area contributed by atoms with Crippen LogP contribution < -0.4 is 0 Å². The fraction of sp³-hybridized carbons (Fsp3) is 0.696. The van der Waals surface area contributed by atoms with Crippen LogP contribution in [0, 0.1) is 34.0 Å². The molecule has 4 saturated carbocycles. The highest BCUT2D eigenvalue weighted by molar-refractivity contribution is 5.93. The van der Waals surface area contributed by atoms with Crippen LogP contribution in [0.4, 0.5) is 0 Å². The minimum atomic E-state index is -1.09. The van der Waals surface area contributed by atoms with Crippen molar-refractivity contribution < 1.29 is 34.1 Å². The molecule has 5 aliphatic carbocycles. The second-order valence-electron chi connectivity index (χ2n) is 10.3. The molecular weight excluding hydrogens is 388 g/mol. The maximum Gasteiger partial charge on any atom is 0.312 e. The van der Waals surface area contributed by atoms with Gasteiger partial charge in [-0.15, -0.1) is 0 Å². The zero-order valence-corrected chi connectivity index (χ0v) is 17.3. The van der Waals surface area contributed by atoms with Crippen molar-refractivity contribution in [2.45, 2.75) is 57.7 Å². The Kier molecular flexibility index (Phi) is 3.87. The quantitative estimate of drug-likeness (QED) is 0.409. The van der Waals surface area contributed by atoms with Gasteiger partial charge in [0.1, 0.15) is 5.78 Å². The number of hydrogen-bond donors (Lipinski definition) is 2. The second-order valence-corrected chi connectivity index (χ2v) is 10.3. The Hall–Kier alpha value is -1.99. The molecule has 4 fully saturated rings. The van der Waals surface area contributed by atoms with E-state index in [9.17, 15) is 24.6 Å². The number of carbonyl (C=O) groups excluding carboxylic acids is 3. The molecule has 0 saturated heterocycles. The van der Waals surface area contributed by atoms with E-state index in [4.69, 9.17) is 9.47 Å². The van der Waals surface area contributed by atoms with Crippen molar-refractivity contribution in [3.05, 3.63) is 24.3 Å². The molecular formula is C23H28O7. The average molecular weight is 416 g/mol. The fourth-order valence-corrected chi connectivity index (χ4v) is 8.08. The van der Waals surface area contributed by atoms with Crippen LogP contribution in [-0.4, -0.2) is 46.4 Å². The van der Waals surface area contributed by atoms with Gasteiger partial charge in [-0.3, -0.25) is 14.4 Å². The van der Waals surface area contributed by atoms with Gasteiger partial charge in [0.25, 0.3) is 0 Å². The van der Waals surface area contributed by atoms with Crippen molar-refractivity contribution in [1.82, 2.24) is 0 Å². The molecule has 0 aromatic carbocycles. The zero-order valence-electron chi connectivity index (χ0n) is 17.3. The van der Waals surface area contributed by atoms with E-state index >= 15 is 0 Å². The number of carbonyl (C=O) groups is 3. The summed E-state index contributed by atoms with van der Waals surface area (Å²) < 4.78 is 10.2. The lowest BCUT2D eigenvalue weighted by Gasteiger charge is -2.45. The van der Waals surface area contributed by atoms with Gasteiger partial charge in [-0.1, -0.05) is 18.7 Å². The first kappa shape index (κ1) is 19.9. The Morgan fingerprint density at radius 3 is 2.73 bits per heavy atom. The standard InChI is InChI=1S/C23H28O7/c1-12-8-22-10-23(12,28)7-4-14(22)21-6-5-15(25)20(3,16(26)9-21)18(21)17(22)19(27)30-11-29-13(2)24/h5-6,14-15,17-18,25,28H,1,4,7-11H2,2-3H3/t14-,15-,17+,18+,20-,21+,22-,23-/m0/s1. The molecule has 5 rings (SSSR count). The van der Waals surface area contributed by atoms with Crippen molar-refractivity contribution in [3.8, 4) is 0 Å². The molecule has 0 heterocycles. The van der Waals surface area contributed by atoms with E-state index in [2.05, 4.69) is 6.58 Å². The summed E-state index contributed by atoms with van der Waals surface area (Å²) >= 11 is 0. The third-order valence-corrected chi connectivity index (χ3v) is 9.18. The van der Waals surface area contributed by atoms with Crippen LogP contribution in [0.15, 0.2) is 24.3 Å². The summed E-state index contributed by atoms with van der Waals surface area (Å²) in [5.74, 6) is -2.23. The number of allylic oxidation sites excluding steroid dienone is 1. The summed E-state index contributed by atoms with van der Waals surface area (Å²) in [5.41, 5.74) is -2.49. The number of esters is 2. The first-order chi connectivity index (χ1) is 14.0. The lowest BCUT2D eigenvalue weighted by molar-refractivity contribution is -0.176. The maximum atomic E-state index is 13.5. The Bertz CT molecular complexity index is 907. The van der Waals surface area contributed by atoms with E-state index in [1.54, 1.807) is 13.0 Å². The predicted octanol–water partition coefficient (Wildman–Crippen LogP) is 1.67. The highest BCUT2D eigenvalue weighted by Crippen LogP contribution is 2.80. The summed E-state index contributed by atoms with van der Waals surface area (Å²) in [7, 11) is 0. The molecule has 0 aromatic heterocycles. The van der Waals surface area contributed by atoms with E-state index in [0.29, 0.717) is 25.7 Å². The predicted molar refractivity (Wildman–Crippen MR) is 103 cm³/mol. The molecule has 0 aromatic rings. The van der Waals surface area contributed by atoms with E-state index in [-0.39, 0.29) is 18.1 Å². The molecule has 0 unspecified atom stereocenters. The van der Waals surface area contributed by atoms with Crippen molar-refractivity contribution >= 4 is 17.7 Å². The highest BCUT2D eigenvalue weighted by atomic mass is 16.7. The summed E-state index contributed by atoms with van der Waals surface area (Å²) in [4.78, 5) is 37.8. The van der Waals surface area contributed by atoms with Crippen molar-refractivity contribution in [1.29, 1.82) is 0 Å². The van der Waals surface area contributed by atoms with E-state index in [1.165, 1.54) is 6.92 Å². The number of aliphatic hydroxyl groups is 2. The molecule has 4 bridgehead atoms. The van der Waals surface area contributed by atoms with Crippen molar-refractivity contribution in [2.24, 2.45) is 34.0 Å². The number of fused-ring (bicyclic) bond motifs is 1. The third-order valence-electron chi connectivity index (χ3n) is 9.18. The van der Waals surface area contributed by atoms with Crippen molar-refractivity contribution in [3.63, 3.8) is 0 Å². The van der Waals surface area contributed by atoms with Gasteiger partial charge in [0.2, 0.25) is 6.79 Å². The Morgan fingerprint density at radius 1 is 1.30 bits per heavy atom. The number of aliphatic hydroxyl groups excluding tert-OH is 1. The number of ether oxygens (including phenoxy) is 2. The first-order valence-electron chi connectivity index (χ1n) is 10.6. The van der Waals surface area contributed by atoms with Crippen molar-refractivity contribution in [2.75, 3.05) is 6.79 Å². The summed E-state index contributed by atoms with van der Waals surface area (Å²) in [5, 5.41) is 22.0. The number of hydrogen-bond acceptors (Lipinski definition) is 7. The second kappa shape index (κ2) is 5.82. The molecule has 7 nitrogen and oxygen atoms in total. The van der Waals surface area contributed by atoms with Crippen LogP contribution in [-0.2, 0) is 23.9 Å².